The van der Waals surface area contributed by atoms with Crippen molar-refractivity contribution in [3.8, 4) is 5.75 Å². The minimum absolute atomic E-state index is 0.0453. The maximum absolute atomic E-state index is 13.0. The van der Waals surface area contributed by atoms with Crippen LogP contribution in [0.2, 0.25) is 0 Å². The lowest BCUT2D eigenvalue weighted by atomic mass is 10.0. The van der Waals surface area contributed by atoms with Gasteiger partial charge in [-0.15, -0.1) is 0 Å². The van der Waals surface area contributed by atoms with Crippen LogP contribution in [0.3, 0.4) is 0 Å². The Labute approximate surface area is 156 Å². The smallest absolute Gasteiger partial charge is 0.225 e. The fraction of sp³-hybridized carbons (Fsp3) is 0.632. The molecule has 1 aromatic rings. The van der Waals surface area contributed by atoms with Crippen LogP contribution >= 0.6 is 0 Å². The highest BCUT2D eigenvalue weighted by molar-refractivity contribution is 7.90. The zero-order valence-corrected chi connectivity index (χ0v) is 16.5. The standard InChI is InChI=1S/C19H28N2O4S/c1-14(2)19(22)20-10-8-16-13-21(26(23,24)18(16)9-11-20)12-15-4-6-17(25-3)7-5-15/h4-7,14,16,18H,8-13H2,1-3H3/t16-,18-/m1/s1. The summed E-state index contributed by atoms with van der Waals surface area (Å²) >= 11 is 0. The monoisotopic (exact) mass is 380 g/mol. The number of rotatable bonds is 4. The van der Waals surface area contributed by atoms with Crippen LogP contribution in [0.25, 0.3) is 0 Å². The van der Waals surface area contributed by atoms with Crippen LogP contribution < -0.4 is 4.74 Å². The molecule has 0 bridgehead atoms. The van der Waals surface area contributed by atoms with E-state index >= 15 is 0 Å². The van der Waals surface area contributed by atoms with Gasteiger partial charge in [0.05, 0.1) is 12.4 Å². The van der Waals surface area contributed by atoms with Crippen molar-refractivity contribution in [2.45, 2.75) is 38.5 Å². The average molecular weight is 381 g/mol. The van der Waals surface area contributed by atoms with Gasteiger partial charge in [-0.2, -0.15) is 4.31 Å². The second-order valence-corrected chi connectivity index (χ2v) is 9.69. The van der Waals surface area contributed by atoms with E-state index in [1.807, 2.05) is 43.0 Å². The molecule has 0 saturated carbocycles. The highest BCUT2D eigenvalue weighted by atomic mass is 32.2. The molecule has 26 heavy (non-hydrogen) atoms. The molecule has 2 aliphatic heterocycles. The fourth-order valence-electron chi connectivity index (χ4n) is 3.97. The molecule has 2 aliphatic rings. The Bertz CT molecular complexity index is 745. The number of amides is 1. The molecule has 2 heterocycles. The van der Waals surface area contributed by atoms with Crippen molar-refractivity contribution in [3.05, 3.63) is 29.8 Å². The van der Waals surface area contributed by atoms with Crippen LogP contribution in [0.1, 0.15) is 32.3 Å². The first-order chi connectivity index (χ1) is 12.3. The molecule has 0 N–H and O–H groups in total. The van der Waals surface area contributed by atoms with Crippen LogP contribution in [-0.4, -0.2) is 55.5 Å². The number of sulfonamides is 1. The van der Waals surface area contributed by atoms with Gasteiger partial charge in [-0.05, 0) is 36.5 Å². The number of nitrogens with zero attached hydrogens (tertiary/aromatic N) is 2. The van der Waals surface area contributed by atoms with Crippen LogP contribution in [-0.2, 0) is 21.4 Å². The van der Waals surface area contributed by atoms with E-state index in [2.05, 4.69) is 0 Å². The van der Waals surface area contributed by atoms with Gasteiger partial charge in [0.1, 0.15) is 5.75 Å². The molecule has 0 unspecified atom stereocenters. The molecule has 0 spiro atoms. The van der Waals surface area contributed by atoms with Gasteiger partial charge < -0.3 is 9.64 Å². The predicted molar refractivity (Wildman–Crippen MR) is 100 cm³/mol. The van der Waals surface area contributed by atoms with Gasteiger partial charge in [0.2, 0.25) is 15.9 Å². The molecule has 7 heteroatoms. The van der Waals surface area contributed by atoms with Crippen molar-refractivity contribution < 1.29 is 17.9 Å². The molecular formula is C19H28N2O4S. The second kappa shape index (κ2) is 7.56. The van der Waals surface area contributed by atoms with Crippen molar-refractivity contribution in [2.24, 2.45) is 11.8 Å². The first-order valence-corrected chi connectivity index (χ1v) is 10.7. The van der Waals surface area contributed by atoms with Crippen LogP contribution in [0.5, 0.6) is 5.75 Å². The molecule has 6 nitrogen and oxygen atoms in total. The quantitative estimate of drug-likeness (QED) is 0.802. The normalized spacial score (nSPS) is 25.8. The lowest BCUT2D eigenvalue weighted by Crippen LogP contribution is -2.36. The first-order valence-electron chi connectivity index (χ1n) is 9.23. The Balaban J connectivity index is 1.70. The van der Waals surface area contributed by atoms with E-state index in [4.69, 9.17) is 4.74 Å². The van der Waals surface area contributed by atoms with E-state index in [0.29, 0.717) is 32.6 Å². The van der Waals surface area contributed by atoms with Crippen LogP contribution in [0.4, 0.5) is 0 Å². The van der Waals surface area contributed by atoms with E-state index in [-0.39, 0.29) is 23.0 Å². The van der Waals surface area contributed by atoms with Gasteiger partial charge in [-0.1, -0.05) is 26.0 Å². The minimum Gasteiger partial charge on any atom is -0.497 e. The summed E-state index contributed by atoms with van der Waals surface area (Å²) in [4.78, 5) is 14.1. The van der Waals surface area contributed by atoms with E-state index in [9.17, 15) is 13.2 Å². The summed E-state index contributed by atoms with van der Waals surface area (Å²) in [5.41, 5.74) is 0.961. The number of likely N-dealkylation sites (tertiary alicyclic amines) is 1. The highest BCUT2D eigenvalue weighted by Crippen LogP contribution is 2.35. The number of benzene rings is 1. The zero-order valence-electron chi connectivity index (χ0n) is 15.7. The van der Waals surface area contributed by atoms with Crippen molar-refractivity contribution >= 4 is 15.9 Å². The Hall–Kier alpha value is -1.60. The third-order valence-electron chi connectivity index (χ3n) is 5.48. The Kier molecular flexibility index (Phi) is 5.58. The minimum atomic E-state index is -3.33. The molecule has 2 atom stereocenters. The third-order valence-corrected chi connectivity index (χ3v) is 7.87. The number of ether oxygens (including phenoxy) is 1. The van der Waals surface area contributed by atoms with Gasteiger partial charge in [0.15, 0.2) is 0 Å². The molecule has 2 fully saturated rings. The van der Waals surface area contributed by atoms with Crippen molar-refractivity contribution in [2.75, 3.05) is 26.7 Å². The Morgan fingerprint density at radius 1 is 1.19 bits per heavy atom. The molecule has 1 aromatic carbocycles. The number of carbonyl (C=O) groups is 1. The maximum atomic E-state index is 13.0. The summed E-state index contributed by atoms with van der Waals surface area (Å²) in [5.74, 6) is 0.940. The molecule has 0 aliphatic carbocycles. The molecule has 2 saturated heterocycles. The molecule has 3 rings (SSSR count). The number of hydrogen-bond acceptors (Lipinski definition) is 4. The highest BCUT2D eigenvalue weighted by Gasteiger charge is 2.47. The predicted octanol–water partition coefficient (Wildman–Crippen LogP) is 2.10. The summed E-state index contributed by atoms with van der Waals surface area (Å²) in [5, 5.41) is -0.370. The summed E-state index contributed by atoms with van der Waals surface area (Å²) in [6.45, 7) is 5.91. The Morgan fingerprint density at radius 3 is 2.46 bits per heavy atom. The first kappa shape index (κ1) is 19.2. The van der Waals surface area contributed by atoms with E-state index in [1.54, 1.807) is 11.4 Å². The van der Waals surface area contributed by atoms with E-state index in [0.717, 1.165) is 17.7 Å². The van der Waals surface area contributed by atoms with Gasteiger partial charge in [0, 0.05) is 32.1 Å². The summed E-state index contributed by atoms with van der Waals surface area (Å²) < 4.78 is 32.8. The van der Waals surface area contributed by atoms with Crippen LogP contribution in [0, 0.1) is 11.8 Å². The molecular weight excluding hydrogens is 352 g/mol. The molecule has 144 valence electrons. The summed E-state index contributed by atoms with van der Waals surface area (Å²) in [6, 6.07) is 7.52. The van der Waals surface area contributed by atoms with Crippen LogP contribution in [0.15, 0.2) is 24.3 Å². The molecule has 0 aromatic heterocycles. The number of hydrogen-bond donors (Lipinski definition) is 0. The van der Waals surface area contributed by atoms with Gasteiger partial charge >= 0.3 is 0 Å². The average Bonchev–Trinajstić information content (AvgIpc) is 2.77. The number of methoxy groups -OCH3 is 1. The Morgan fingerprint density at radius 2 is 1.85 bits per heavy atom. The SMILES string of the molecule is COc1ccc(CN2C[C@H]3CCN(C(=O)C(C)C)CC[C@H]3S2(=O)=O)cc1. The van der Waals surface area contributed by atoms with Gasteiger partial charge in [0.25, 0.3) is 0 Å². The van der Waals surface area contributed by atoms with Crippen molar-refractivity contribution in [3.63, 3.8) is 0 Å². The zero-order chi connectivity index (χ0) is 18.9. The topological polar surface area (TPSA) is 66.9 Å². The lowest BCUT2D eigenvalue weighted by molar-refractivity contribution is -0.134. The molecule has 1 amide bonds. The van der Waals surface area contributed by atoms with Gasteiger partial charge in [-0.25, -0.2) is 8.42 Å². The van der Waals surface area contributed by atoms with E-state index in [1.165, 1.54) is 0 Å². The van der Waals surface area contributed by atoms with Crippen molar-refractivity contribution in [1.82, 2.24) is 9.21 Å². The lowest BCUT2D eigenvalue weighted by Gasteiger charge is -2.23. The van der Waals surface area contributed by atoms with E-state index < -0.39 is 10.0 Å². The summed E-state index contributed by atoms with van der Waals surface area (Å²) in [7, 11) is -1.72. The summed E-state index contributed by atoms with van der Waals surface area (Å²) in [6.07, 6.45) is 1.28. The largest absolute Gasteiger partial charge is 0.497 e. The fourth-order valence-corrected chi connectivity index (χ4v) is 6.19. The van der Waals surface area contributed by atoms with Crippen molar-refractivity contribution in [1.29, 1.82) is 0 Å². The number of fused-ring (bicyclic) bond motifs is 1. The number of carbonyl (C=O) groups excluding carboxylic acids is 1. The van der Waals surface area contributed by atoms with Gasteiger partial charge in [-0.3, -0.25) is 4.79 Å². The third kappa shape index (κ3) is 3.74. The maximum Gasteiger partial charge on any atom is 0.225 e. The second-order valence-electron chi connectivity index (χ2n) is 7.54. The molecule has 0 radical (unpaired) electrons.